The Kier molecular flexibility index (Phi) is 4.51. The molecule has 0 aromatic rings. The van der Waals surface area contributed by atoms with Gasteiger partial charge in [-0.2, -0.15) is 4.91 Å². The van der Waals surface area contributed by atoms with E-state index in [9.17, 15) is 4.91 Å². The molecule has 0 aliphatic rings. The van der Waals surface area contributed by atoms with E-state index in [2.05, 4.69) is 12.1 Å². The Hall–Kier alpha value is -0.400. The highest BCUT2D eigenvalue weighted by Crippen LogP contribution is 2.03. The lowest BCUT2D eigenvalue weighted by Gasteiger charge is -2.00. The van der Waals surface area contributed by atoms with E-state index in [4.69, 9.17) is 0 Å². The molecule has 0 aliphatic carbocycles. The molecule has 0 saturated heterocycles. The monoisotopic (exact) mass is 115 g/mol. The summed E-state index contributed by atoms with van der Waals surface area (Å²) in [6.45, 7) is 4.64. The molecule has 0 bridgehead atoms. The zero-order valence-corrected chi connectivity index (χ0v) is 5.55. The largest absolute Gasteiger partial charge is 0.151 e. The van der Waals surface area contributed by atoms with Crippen LogP contribution >= 0.6 is 0 Å². The predicted molar refractivity (Wildman–Crippen MR) is 34.7 cm³/mol. The second-order valence-electron chi connectivity index (χ2n) is 2.21. The summed E-state index contributed by atoms with van der Waals surface area (Å²) in [5, 5.41) is 2.80. The van der Waals surface area contributed by atoms with Crippen molar-refractivity contribution in [3.05, 3.63) is 4.91 Å². The van der Waals surface area contributed by atoms with Crippen LogP contribution in [-0.4, -0.2) is 6.54 Å². The summed E-state index contributed by atoms with van der Waals surface area (Å²) in [5.74, 6) is 0.484. The quantitative estimate of drug-likeness (QED) is 0.516. The number of hydrogen-bond acceptors (Lipinski definition) is 2. The van der Waals surface area contributed by atoms with Crippen LogP contribution in [0.1, 0.15) is 26.7 Å². The first-order valence-corrected chi connectivity index (χ1v) is 3.10. The summed E-state index contributed by atoms with van der Waals surface area (Å²) < 4.78 is 0. The smallest absolute Gasteiger partial charge is 0.0836 e. The second kappa shape index (κ2) is 4.75. The van der Waals surface area contributed by atoms with Gasteiger partial charge >= 0.3 is 0 Å². The van der Waals surface area contributed by atoms with Crippen LogP contribution in [0.5, 0.6) is 0 Å². The third-order valence-electron chi connectivity index (χ3n) is 1.17. The summed E-state index contributed by atoms with van der Waals surface area (Å²) >= 11 is 0. The van der Waals surface area contributed by atoms with Gasteiger partial charge in [-0.25, -0.2) is 0 Å². The molecule has 0 unspecified atom stereocenters. The summed E-state index contributed by atoms with van der Waals surface area (Å²) in [6, 6.07) is 0. The first-order chi connectivity index (χ1) is 3.81. The van der Waals surface area contributed by atoms with Gasteiger partial charge in [-0.3, -0.25) is 0 Å². The van der Waals surface area contributed by atoms with E-state index in [1.165, 1.54) is 0 Å². The van der Waals surface area contributed by atoms with Gasteiger partial charge in [0, 0.05) is 0 Å². The van der Waals surface area contributed by atoms with Gasteiger partial charge in [-0.05, 0) is 12.3 Å². The molecule has 0 heterocycles. The molecule has 8 heavy (non-hydrogen) atoms. The van der Waals surface area contributed by atoms with Gasteiger partial charge in [-0.1, -0.05) is 25.4 Å². The van der Waals surface area contributed by atoms with Gasteiger partial charge in [0.15, 0.2) is 0 Å². The number of rotatable bonds is 4. The lowest BCUT2D eigenvalue weighted by Crippen LogP contribution is -1.96. The van der Waals surface area contributed by atoms with Crippen LogP contribution in [0.15, 0.2) is 5.18 Å². The first kappa shape index (κ1) is 7.60. The molecule has 2 nitrogen and oxygen atoms in total. The Balaban J connectivity index is 3.03. The molecule has 0 fully saturated rings. The minimum Gasteiger partial charge on any atom is -0.151 e. The van der Waals surface area contributed by atoms with E-state index in [1.807, 2.05) is 6.92 Å². The molecule has 0 amide bonds. The molecule has 0 rings (SSSR count). The van der Waals surface area contributed by atoms with Gasteiger partial charge in [0.1, 0.15) is 0 Å². The molecule has 0 aromatic heterocycles. The second-order valence-corrected chi connectivity index (χ2v) is 2.21. The minimum atomic E-state index is 0.480. The van der Waals surface area contributed by atoms with Crippen LogP contribution in [0.4, 0.5) is 0 Å². The van der Waals surface area contributed by atoms with Crippen molar-refractivity contribution in [2.24, 2.45) is 11.1 Å². The van der Waals surface area contributed by atoms with Gasteiger partial charge < -0.3 is 0 Å². The van der Waals surface area contributed by atoms with Gasteiger partial charge in [0.2, 0.25) is 0 Å². The summed E-state index contributed by atoms with van der Waals surface area (Å²) in [5.41, 5.74) is 0. The Morgan fingerprint density at radius 2 is 2.25 bits per heavy atom. The zero-order chi connectivity index (χ0) is 6.41. The third-order valence-corrected chi connectivity index (χ3v) is 1.17. The molecule has 0 radical (unpaired) electrons. The lowest BCUT2D eigenvalue weighted by atomic mass is 10.1. The fourth-order valence-corrected chi connectivity index (χ4v) is 0.711. The van der Waals surface area contributed by atoms with Crippen LogP contribution in [0.3, 0.4) is 0 Å². The van der Waals surface area contributed by atoms with E-state index in [1.54, 1.807) is 0 Å². The molecular formula is C6H13NO. The fourth-order valence-electron chi connectivity index (χ4n) is 0.711. The van der Waals surface area contributed by atoms with Crippen molar-refractivity contribution in [2.45, 2.75) is 26.7 Å². The molecule has 0 aromatic carbocycles. The molecule has 48 valence electrons. The number of nitroso groups, excluding NO2 is 1. The molecule has 0 aliphatic heterocycles. The Morgan fingerprint density at radius 3 is 2.62 bits per heavy atom. The lowest BCUT2D eigenvalue weighted by molar-refractivity contribution is 0.536. The normalized spacial score (nSPS) is 13.2. The van der Waals surface area contributed by atoms with E-state index < -0.39 is 0 Å². The maximum atomic E-state index is 9.64. The minimum absolute atomic E-state index is 0.480. The van der Waals surface area contributed by atoms with Crippen molar-refractivity contribution >= 4 is 0 Å². The van der Waals surface area contributed by atoms with Crippen LogP contribution in [-0.2, 0) is 0 Å². The Morgan fingerprint density at radius 1 is 1.62 bits per heavy atom. The number of nitrogens with zero attached hydrogens (tertiary/aromatic N) is 1. The molecule has 0 N–H and O–H groups in total. The van der Waals surface area contributed by atoms with E-state index in [0.717, 1.165) is 12.8 Å². The predicted octanol–water partition coefficient (Wildman–Crippen LogP) is 2.19. The van der Waals surface area contributed by atoms with Crippen molar-refractivity contribution in [3.63, 3.8) is 0 Å². The molecule has 0 saturated carbocycles. The van der Waals surface area contributed by atoms with Crippen LogP contribution < -0.4 is 0 Å². The maximum absolute atomic E-state index is 9.64. The summed E-state index contributed by atoms with van der Waals surface area (Å²) in [6.07, 6.45) is 2.27. The van der Waals surface area contributed by atoms with Gasteiger partial charge in [-0.15, -0.1) is 0 Å². The van der Waals surface area contributed by atoms with Crippen molar-refractivity contribution in [1.29, 1.82) is 0 Å². The molecule has 2 heteroatoms. The third kappa shape index (κ3) is 3.78. The van der Waals surface area contributed by atoms with Crippen LogP contribution in [0.2, 0.25) is 0 Å². The molecular weight excluding hydrogens is 102 g/mol. The fraction of sp³-hybridized carbons (Fsp3) is 1.00. The van der Waals surface area contributed by atoms with Crippen LogP contribution in [0, 0.1) is 10.8 Å². The van der Waals surface area contributed by atoms with E-state index >= 15 is 0 Å². The standard InChI is InChI=1S/C6H13NO/c1-3-4-6(2)5-7-8/h6H,3-5H2,1-2H3/t6-/m0/s1. The summed E-state index contributed by atoms with van der Waals surface area (Å²) in [4.78, 5) is 9.64. The molecule has 0 spiro atoms. The van der Waals surface area contributed by atoms with Crippen molar-refractivity contribution in [2.75, 3.05) is 6.54 Å². The topological polar surface area (TPSA) is 29.4 Å². The van der Waals surface area contributed by atoms with Crippen molar-refractivity contribution in [3.8, 4) is 0 Å². The average Bonchev–Trinajstić information content (AvgIpc) is 1.68. The summed E-state index contributed by atoms with van der Waals surface area (Å²) in [7, 11) is 0. The molecule has 1 atom stereocenters. The van der Waals surface area contributed by atoms with E-state index in [0.29, 0.717) is 12.5 Å². The van der Waals surface area contributed by atoms with Gasteiger partial charge in [0.25, 0.3) is 0 Å². The zero-order valence-electron chi connectivity index (χ0n) is 5.55. The number of hydrogen-bond donors (Lipinski definition) is 0. The first-order valence-electron chi connectivity index (χ1n) is 3.10. The van der Waals surface area contributed by atoms with E-state index in [-0.39, 0.29) is 0 Å². The maximum Gasteiger partial charge on any atom is 0.0836 e. The SMILES string of the molecule is CCC[C@H](C)CN=O. The highest BCUT2D eigenvalue weighted by atomic mass is 16.3. The van der Waals surface area contributed by atoms with Gasteiger partial charge in [0.05, 0.1) is 6.54 Å². The highest BCUT2D eigenvalue weighted by molar-refractivity contribution is 4.52. The van der Waals surface area contributed by atoms with Crippen LogP contribution in [0.25, 0.3) is 0 Å². The average molecular weight is 115 g/mol. The van der Waals surface area contributed by atoms with Crippen molar-refractivity contribution < 1.29 is 0 Å². The Labute approximate surface area is 50.3 Å². The highest BCUT2D eigenvalue weighted by Gasteiger charge is 1.97. The Bertz CT molecular complexity index is 63.5. The van der Waals surface area contributed by atoms with Crippen molar-refractivity contribution in [1.82, 2.24) is 0 Å².